The summed E-state index contributed by atoms with van der Waals surface area (Å²) in [6.07, 6.45) is 2.28. The minimum Gasteiger partial charge on any atom is -0.392 e. The number of benzene rings is 2. The summed E-state index contributed by atoms with van der Waals surface area (Å²) in [6, 6.07) is 17.7. The van der Waals surface area contributed by atoms with E-state index in [1.54, 1.807) is 6.20 Å². The lowest BCUT2D eigenvalue weighted by atomic mass is 10.1. The van der Waals surface area contributed by atoms with Crippen LogP contribution in [0, 0.1) is 0 Å². The standard InChI is InChI=1S/C26H32N6O2/c1-3-24(34)18-31-13-15-32(16-14-31)23-6-4-5-22(17-23)29-26-27-12-11-25(30-26)20-7-9-21(10-8-20)28-19(2)33/h4-12,17,24,34H,3,13-16,18H2,1-2H3,(H,28,33)(H,27,29,30). The number of anilines is 4. The Bertz CT molecular complexity index is 1100. The van der Waals surface area contributed by atoms with Crippen LogP contribution < -0.4 is 15.5 Å². The average molecular weight is 461 g/mol. The van der Waals surface area contributed by atoms with Gasteiger partial charge in [-0.3, -0.25) is 9.69 Å². The van der Waals surface area contributed by atoms with Gasteiger partial charge in [-0.1, -0.05) is 25.1 Å². The van der Waals surface area contributed by atoms with Gasteiger partial charge in [0.1, 0.15) is 0 Å². The van der Waals surface area contributed by atoms with Crippen LogP contribution in [0.4, 0.5) is 23.0 Å². The highest BCUT2D eigenvalue weighted by atomic mass is 16.3. The summed E-state index contributed by atoms with van der Waals surface area (Å²) < 4.78 is 0. The number of amides is 1. The van der Waals surface area contributed by atoms with Crippen LogP contribution in [0.2, 0.25) is 0 Å². The molecule has 1 unspecified atom stereocenters. The largest absolute Gasteiger partial charge is 0.392 e. The first kappa shape index (κ1) is 23.7. The van der Waals surface area contributed by atoms with Crippen molar-refractivity contribution in [3.63, 3.8) is 0 Å². The highest BCUT2D eigenvalue weighted by Crippen LogP contribution is 2.24. The molecule has 4 rings (SSSR count). The lowest BCUT2D eigenvalue weighted by molar-refractivity contribution is -0.114. The molecule has 1 saturated heterocycles. The normalized spacial score (nSPS) is 15.1. The van der Waals surface area contributed by atoms with Gasteiger partial charge in [0.05, 0.1) is 11.8 Å². The molecule has 0 spiro atoms. The highest BCUT2D eigenvalue weighted by Gasteiger charge is 2.19. The molecule has 1 amide bonds. The minimum absolute atomic E-state index is 0.0966. The minimum atomic E-state index is -0.245. The molecule has 3 aromatic rings. The van der Waals surface area contributed by atoms with E-state index < -0.39 is 0 Å². The molecule has 0 saturated carbocycles. The topological polar surface area (TPSA) is 93.6 Å². The first-order valence-electron chi connectivity index (χ1n) is 11.7. The number of hydrogen-bond acceptors (Lipinski definition) is 7. The number of aliphatic hydroxyl groups excluding tert-OH is 1. The summed E-state index contributed by atoms with van der Waals surface area (Å²) >= 11 is 0. The predicted octanol–water partition coefficient (Wildman–Crippen LogP) is 3.74. The fourth-order valence-electron chi connectivity index (χ4n) is 4.03. The number of aromatic nitrogens is 2. The van der Waals surface area contributed by atoms with Gasteiger partial charge >= 0.3 is 0 Å². The molecule has 1 fully saturated rings. The maximum absolute atomic E-state index is 11.2. The van der Waals surface area contributed by atoms with Crippen LogP contribution in [0.3, 0.4) is 0 Å². The maximum atomic E-state index is 11.2. The Morgan fingerprint density at radius 2 is 1.82 bits per heavy atom. The molecular weight excluding hydrogens is 428 g/mol. The van der Waals surface area contributed by atoms with E-state index in [0.717, 1.165) is 67.5 Å². The van der Waals surface area contributed by atoms with Crippen molar-refractivity contribution in [1.29, 1.82) is 0 Å². The second-order valence-corrected chi connectivity index (χ2v) is 8.55. The Kier molecular flexibility index (Phi) is 7.72. The van der Waals surface area contributed by atoms with Crippen LogP contribution in [-0.2, 0) is 4.79 Å². The Morgan fingerprint density at radius 1 is 1.06 bits per heavy atom. The molecule has 8 nitrogen and oxygen atoms in total. The summed E-state index contributed by atoms with van der Waals surface area (Å²) in [4.78, 5) is 25.0. The van der Waals surface area contributed by atoms with Crippen molar-refractivity contribution >= 4 is 28.9 Å². The molecule has 0 bridgehead atoms. The van der Waals surface area contributed by atoms with Gasteiger partial charge in [-0.15, -0.1) is 0 Å². The third kappa shape index (κ3) is 6.30. The SMILES string of the molecule is CCC(O)CN1CCN(c2cccc(Nc3nccc(-c4ccc(NC(C)=O)cc4)n3)c2)CC1. The molecule has 0 aliphatic carbocycles. The molecule has 34 heavy (non-hydrogen) atoms. The van der Waals surface area contributed by atoms with Gasteiger partial charge in [-0.2, -0.15) is 0 Å². The van der Waals surface area contributed by atoms with Gasteiger partial charge in [0, 0.05) is 68.5 Å². The Hall–Kier alpha value is -3.49. The zero-order valence-corrected chi connectivity index (χ0v) is 19.7. The molecular formula is C26H32N6O2. The summed E-state index contributed by atoms with van der Waals surface area (Å²) in [5, 5.41) is 16.0. The zero-order chi connectivity index (χ0) is 23.9. The predicted molar refractivity (Wildman–Crippen MR) is 136 cm³/mol. The molecule has 1 aliphatic rings. The summed E-state index contributed by atoms with van der Waals surface area (Å²) in [5.74, 6) is 0.430. The van der Waals surface area contributed by atoms with Crippen LogP contribution in [0.25, 0.3) is 11.3 Å². The number of aliphatic hydroxyl groups is 1. The van der Waals surface area contributed by atoms with Crippen LogP contribution in [0.15, 0.2) is 60.8 Å². The molecule has 1 aliphatic heterocycles. The van der Waals surface area contributed by atoms with Gasteiger partial charge < -0.3 is 20.6 Å². The van der Waals surface area contributed by atoms with Crippen LogP contribution in [-0.4, -0.2) is 64.7 Å². The van der Waals surface area contributed by atoms with E-state index >= 15 is 0 Å². The van der Waals surface area contributed by atoms with E-state index in [1.807, 2.05) is 49.4 Å². The fourth-order valence-corrected chi connectivity index (χ4v) is 4.03. The van der Waals surface area contributed by atoms with E-state index in [4.69, 9.17) is 0 Å². The van der Waals surface area contributed by atoms with Crippen LogP contribution in [0.5, 0.6) is 0 Å². The number of piperazine rings is 1. The number of carbonyl (C=O) groups excluding carboxylic acids is 1. The number of nitrogens with one attached hydrogen (secondary N) is 2. The molecule has 3 N–H and O–H groups in total. The number of rotatable bonds is 8. The first-order chi connectivity index (χ1) is 16.5. The van der Waals surface area contributed by atoms with Crippen LogP contribution in [0.1, 0.15) is 20.3 Å². The summed E-state index contributed by atoms with van der Waals surface area (Å²) in [6.45, 7) is 8.00. The average Bonchev–Trinajstić information content (AvgIpc) is 2.85. The Balaban J connectivity index is 1.40. The van der Waals surface area contributed by atoms with Crippen molar-refractivity contribution in [3.8, 4) is 11.3 Å². The van der Waals surface area contributed by atoms with Gasteiger partial charge in [0.15, 0.2) is 0 Å². The molecule has 178 valence electrons. The van der Waals surface area contributed by atoms with Crippen LogP contribution >= 0.6 is 0 Å². The van der Waals surface area contributed by atoms with E-state index in [2.05, 4.69) is 42.5 Å². The lowest BCUT2D eigenvalue weighted by Gasteiger charge is -2.37. The van der Waals surface area contributed by atoms with Gasteiger partial charge in [0.2, 0.25) is 11.9 Å². The molecule has 2 aromatic carbocycles. The van der Waals surface area contributed by atoms with Crippen molar-refractivity contribution < 1.29 is 9.90 Å². The fraction of sp³-hybridized carbons (Fsp3) is 0.346. The van der Waals surface area contributed by atoms with Crippen molar-refractivity contribution in [3.05, 3.63) is 60.8 Å². The third-order valence-electron chi connectivity index (χ3n) is 5.94. The van der Waals surface area contributed by atoms with Crippen molar-refractivity contribution in [2.24, 2.45) is 0 Å². The molecule has 1 atom stereocenters. The quantitative estimate of drug-likeness (QED) is 0.471. The second kappa shape index (κ2) is 11.1. The number of hydrogen-bond donors (Lipinski definition) is 3. The lowest BCUT2D eigenvalue weighted by Crippen LogP contribution is -2.48. The van der Waals surface area contributed by atoms with E-state index in [9.17, 15) is 9.90 Å². The Labute approximate surface area is 200 Å². The zero-order valence-electron chi connectivity index (χ0n) is 19.7. The third-order valence-corrected chi connectivity index (χ3v) is 5.94. The van der Waals surface area contributed by atoms with Gasteiger partial charge in [0.25, 0.3) is 0 Å². The van der Waals surface area contributed by atoms with Crippen molar-refractivity contribution in [2.75, 3.05) is 48.3 Å². The summed E-state index contributed by atoms with van der Waals surface area (Å²) in [7, 11) is 0. The molecule has 2 heterocycles. The van der Waals surface area contributed by atoms with E-state index in [0.29, 0.717) is 5.95 Å². The molecule has 1 aromatic heterocycles. The molecule has 8 heteroatoms. The van der Waals surface area contributed by atoms with Gasteiger partial charge in [-0.05, 0) is 42.8 Å². The van der Waals surface area contributed by atoms with Crippen molar-refractivity contribution in [2.45, 2.75) is 26.4 Å². The number of β-amino-alcohol motifs (C(OH)–C–C–N with tert-alkyl or cyclic N) is 1. The maximum Gasteiger partial charge on any atom is 0.227 e. The summed E-state index contributed by atoms with van der Waals surface area (Å²) in [5.41, 5.74) is 4.58. The van der Waals surface area contributed by atoms with E-state index in [1.165, 1.54) is 6.92 Å². The highest BCUT2D eigenvalue weighted by molar-refractivity contribution is 5.88. The van der Waals surface area contributed by atoms with Gasteiger partial charge in [-0.25, -0.2) is 9.97 Å². The van der Waals surface area contributed by atoms with Crippen molar-refractivity contribution in [1.82, 2.24) is 14.9 Å². The number of carbonyl (C=O) groups is 1. The second-order valence-electron chi connectivity index (χ2n) is 8.55. The smallest absolute Gasteiger partial charge is 0.227 e. The Morgan fingerprint density at radius 3 is 2.53 bits per heavy atom. The van der Waals surface area contributed by atoms with E-state index in [-0.39, 0.29) is 12.0 Å². The molecule has 0 radical (unpaired) electrons. The number of nitrogens with zero attached hydrogens (tertiary/aromatic N) is 4. The monoisotopic (exact) mass is 460 g/mol. The first-order valence-corrected chi connectivity index (χ1v) is 11.7.